The van der Waals surface area contributed by atoms with Crippen molar-refractivity contribution in [1.29, 1.82) is 0 Å². The molecule has 0 bridgehead atoms. The topological polar surface area (TPSA) is 66.8 Å². The molecule has 2 aromatic carbocycles. The van der Waals surface area contributed by atoms with Gasteiger partial charge in [0, 0.05) is 16.4 Å². The van der Waals surface area contributed by atoms with Gasteiger partial charge in [0.1, 0.15) is 5.75 Å². The molecule has 0 aromatic heterocycles. The lowest BCUT2D eigenvalue weighted by Gasteiger charge is -2.49. The van der Waals surface area contributed by atoms with E-state index in [0.717, 1.165) is 11.1 Å². The largest absolute Gasteiger partial charge is 0.504 e. The van der Waals surface area contributed by atoms with Gasteiger partial charge < -0.3 is 14.9 Å². The van der Waals surface area contributed by atoms with Gasteiger partial charge in [-0.2, -0.15) is 0 Å². The molecule has 28 heavy (non-hydrogen) atoms. The summed E-state index contributed by atoms with van der Waals surface area (Å²) in [4.78, 5) is 13.0. The van der Waals surface area contributed by atoms with Crippen LogP contribution in [-0.2, 0) is 11.8 Å². The molecule has 144 valence electrons. The number of ketones is 1. The third-order valence-corrected chi connectivity index (χ3v) is 6.25. The van der Waals surface area contributed by atoms with Crippen LogP contribution in [0.25, 0.3) is 0 Å². The van der Waals surface area contributed by atoms with E-state index >= 15 is 0 Å². The number of fused-ring (bicyclic) bond motifs is 3. The van der Waals surface area contributed by atoms with E-state index in [2.05, 4.69) is 0 Å². The lowest BCUT2D eigenvalue weighted by Crippen LogP contribution is -2.49. The maximum absolute atomic E-state index is 13.0. The SMILES string of the molecule is COc1ccc2c(c1)[C@]1(C)C=CC(O)[C@](C)(Cc3ccccc3)C1=C(O)C2=O. The van der Waals surface area contributed by atoms with Crippen LogP contribution in [0.2, 0.25) is 0 Å². The number of carbonyl (C=O) groups is 1. The summed E-state index contributed by atoms with van der Waals surface area (Å²) < 4.78 is 5.37. The van der Waals surface area contributed by atoms with Crippen molar-refractivity contribution in [2.24, 2.45) is 5.41 Å². The van der Waals surface area contributed by atoms with Gasteiger partial charge in [-0.05, 0) is 48.2 Å². The Kier molecular flexibility index (Phi) is 4.20. The van der Waals surface area contributed by atoms with Crippen molar-refractivity contribution in [1.82, 2.24) is 0 Å². The summed E-state index contributed by atoms with van der Waals surface area (Å²) >= 11 is 0. The van der Waals surface area contributed by atoms with Gasteiger partial charge in [-0.3, -0.25) is 4.79 Å². The Morgan fingerprint density at radius 2 is 1.82 bits per heavy atom. The second-order valence-electron chi connectivity index (χ2n) is 8.05. The minimum Gasteiger partial charge on any atom is -0.504 e. The number of hydrogen-bond acceptors (Lipinski definition) is 4. The zero-order valence-electron chi connectivity index (χ0n) is 16.3. The van der Waals surface area contributed by atoms with Crippen molar-refractivity contribution in [2.45, 2.75) is 31.8 Å². The predicted molar refractivity (Wildman–Crippen MR) is 108 cm³/mol. The van der Waals surface area contributed by atoms with Crippen LogP contribution in [0.4, 0.5) is 0 Å². The zero-order valence-corrected chi connectivity index (χ0v) is 16.3. The Morgan fingerprint density at radius 1 is 1.11 bits per heavy atom. The molecule has 4 nitrogen and oxygen atoms in total. The fourth-order valence-corrected chi connectivity index (χ4v) is 4.79. The highest BCUT2D eigenvalue weighted by Crippen LogP contribution is 2.55. The molecule has 0 aliphatic heterocycles. The highest BCUT2D eigenvalue weighted by molar-refractivity contribution is 6.11. The number of aliphatic hydroxyl groups excluding tert-OH is 2. The van der Waals surface area contributed by atoms with Crippen LogP contribution in [0.5, 0.6) is 5.75 Å². The molecule has 2 N–H and O–H groups in total. The molecule has 0 radical (unpaired) electrons. The molecule has 0 fully saturated rings. The maximum Gasteiger partial charge on any atom is 0.227 e. The third kappa shape index (κ3) is 2.52. The Bertz CT molecular complexity index is 1000. The first-order valence-electron chi connectivity index (χ1n) is 9.40. The normalized spacial score (nSPS) is 28.7. The van der Waals surface area contributed by atoms with Crippen LogP contribution in [0, 0.1) is 5.41 Å². The molecular formula is C24H24O4. The molecule has 4 rings (SSSR count). The van der Waals surface area contributed by atoms with E-state index in [4.69, 9.17) is 4.74 Å². The van der Waals surface area contributed by atoms with Crippen LogP contribution >= 0.6 is 0 Å². The molecule has 0 heterocycles. The second-order valence-corrected chi connectivity index (χ2v) is 8.05. The highest BCUT2D eigenvalue weighted by Gasteiger charge is 2.53. The van der Waals surface area contributed by atoms with E-state index in [-0.39, 0.29) is 5.76 Å². The highest BCUT2D eigenvalue weighted by atomic mass is 16.5. The molecule has 0 saturated heterocycles. The minimum absolute atomic E-state index is 0.262. The molecule has 0 saturated carbocycles. The van der Waals surface area contributed by atoms with Crippen molar-refractivity contribution in [2.75, 3.05) is 7.11 Å². The monoisotopic (exact) mass is 376 g/mol. The van der Waals surface area contributed by atoms with E-state index in [1.165, 1.54) is 0 Å². The van der Waals surface area contributed by atoms with E-state index in [1.54, 1.807) is 25.3 Å². The number of ether oxygens (including phenoxy) is 1. The first-order chi connectivity index (χ1) is 13.3. The molecule has 0 amide bonds. The average Bonchev–Trinajstić information content (AvgIpc) is 2.70. The van der Waals surface area contributed by atoms with Crippen molar-refractivity contribution in [3.63, 3.8) is 0 Å². The molecule has 4 heteroatoms. The second kappa shape index (κ2) is 6.35. The van der Waals surface area contributed by atoms with Gasteiger partial charge in [-0.25, -0.2) is 0 Å². The van der Waals surface area contributed by atoms with E-state index in [1.807, 2.05) is 56.3 Å². The lowest BCUT2D eigenvalue weighted by molar-refractivity contribution is 0.0762. The molecule has 2 aliphatic rings. The summed E-state index contributed by atoms with van der Waals surface area (Å²) in [6, 6.07) is 15.1. The van der Waals surface area contributed by atoms with Crippen LogP contribution in [0.1, 0.15) is 35.3 Å². The fourth-order valence-electron chi connectivity index (χ4n) is 4.79. The van der Waals surface area contributed by atoms with Crippen LogP contribution in [0.15, 0.2) is 72.0 Å². The number of rotatable bonds is 3. The molecule has 3 atom stereocenters. The van der Waals surface area contributed by atoms with Crippen molar-refractivity contribution in [3.05, 3.63) is 88.7 Å². The summed E-state index contributed by atoms with van der Waals surface area (Å²) in [6.45, 7) is 3.89. The summed E-state index contributed by atoms with van der Waals surface area (Å²) in [7, 11) is 1.59. The van der Waals surface area contributed by atoms with Gasteiger partial charge in [0.25, 0.3) is 0 Å². The minimum atomic E-state index is -0.828. The average molecular weight is 376 g/mol. The summed E-state index contributed by atoms with van der Waals surface area (Å²) in [5.41, 5.74) is 1.30. The van der Waals surface area contributed by atoms with Crippen molar-refractivity contribution >= 4 is 5.78 Å². The van der Waals surface area contributed by atoms with Crippen LogP contribution in [0.3, 0.4) is 0 Å². The van der Waals surface area contributed by atoms with Gasteiger partial charge in [-0.1, -0.05) is 49.4 Å². The number of methoxy groups -OCH3 is 1. The van der Waals surface area contributed by atoms with Gasteiger partial charge in [0.05, 0.1) is 13.2 Å². The lowest BCUT2D eigenvalue weighted by atomic mass is 9.54. The maximum atomic E-state index is 13.0. The van der Waals surface area contributed by atoms with Crippen LogP contribution < -0.4 is 4.74 Å². The summed E-state index contributed by atoms with van der Waals surface area (Å²) in [6.07, 6.45) is 3.35. The van der Waals surface area contributed by atoms with Crippen LogP contribution in [-0.4, -0.2) is 29.2 Å². The number of carbonyl (C=O) groups excluding carboxylic acids is 1. The zero-order chi connectivity index (χ0) is 20.1. The number of hydrogen-bond donors (Lipinski definition) is 2. The van der Waals surface area contributed by atoms with E-state index in [0.29, 0.717) is 23.3 Å². The smallest absolute Gasteiger partial charge is 0.227 e. The van der Waals surface area contributed by atoms with E-state index < -0.39 is 22.7 Å². The van der Waals surface area contributed by atoms with Gasteiger partial charge in [0.15, 0.2) is 5.76 Å². The quantitative estimate of drug-likeness (QED) is 0.790. The Labute approximate surface area is 164 Å². The Morgan fingerprint density at radius 3 is 2.50 bits per heavy atom. The molecule has 0 spiro atoms. The fraction of sp³-hybridized carbons (Fsp3) is 0.292. The Hall–Kier alpha value is -2.85. The van der Waals surface area contributed by atoms with Gasteiger partial charge >= 0.3 is 0 Å². The molecule has 2 aliphatic carbocycles. The van der Waals surface area contributed by atoms with Gasteiger partial charge in [-0.15, -0.1) is 0 Å². The number of aliphatic hydroxyl groups is 2. The van der Waals surface area contributed by atoms with Crippen molar-refractivity contribution in [3.8, 4) is 5.75 Å². The summed E-state index contributed by atoms with van der Waals surface area (Å²) in [5.74, 6) is -0.0216. The van der Waals surface area contributed by atoms with Gasteiger partial charge in [0.2, 0.25) is 5.78 Å². The first kappa shape index (κ1) is 18.5. The van der Waals surface area contributed by atoms with E-state index in [9.17, 15) is 15.0 Å². The Balaban J connectivity index is 1.95. The number of Topliss-reactive ketones (excluding diaryl/α,β-unsaturated/α-hetero) is 1. The number of allylic oxidation sites excluding steroid dienone is 2. The summed E-state index contributed by atoms with van der Waals surface area (Å²) in [5, 5.41) is 21.9. The number of benzene rings is 2. The van der Waals surface area contributed by atoms with Crippen molar-refractivity contribution < 1.29 is 19.7 Å². The molecular weight excluding hydrogens is 352 g/mol. The molecule has 2 aromatic rings. The third-order valence-electron chi connectivity index (χ3n) is 6.25. The standard InChI is InChI=1S/C24H24O4/c1-23-12-11-19(25)24(2,14-15-7-5-4-6-8-15)22(23)21(27)20(26)17-10-9-16(28-3)13-18(17)23/h4-13,19,25,27H,14H2,1-3H3/t19?,23-,24-/m0/s1. The predicted octanol–water partition coefficient (Wildman–Crippen LogP) is 4.14. The first-order valence-corrected chi connectivity index (χ1v) is 9.40. The molecule has 1 unspecified atom stereocenters.